The van der Waals surface area contributed by atoms with Gasteiger partial charge in [-0.05, 0) is 25.3 Å². The van der Waals surface area contributed by atoms with E-state index in [2.05, 4.69) is 15.3 Å². The fourth-order valence-electron chi connectivity index (χ4n) is 2.16. The van der Waals surface area contributed by atoms with Gasteiger partial charge in [0.1, 0.15) is 11.3 Å². The first-order chi connectivity index (χ1) is 11.1. The number of carbonyl (C=O) groups excluding carboxylic acids is 1. The van der Waals surface area contributed by atoms with E-state index in [-0.39, 0.29) is 22.7 Å². The number of hydrogen-bond acceptors (Lipinski definition) is 5. The number of thioether (sulfide) groups is 1. The molecule has 3 rings (SSSR count). The molecular formula is C16H14ClN3O2S. The summed E-state index contributed by atoms with van der Waals surface area (Å²) in [5.74, 6) is 0.315. The number of carbonyl (C=O) groups is 1. The molecule has 0 saturated heterocycles. The van der Waals surface area contributed by atoms with Gasteiger partial charge in [-0.1, -0.05) is 41.6 Å². The van der Waals surface area contributed by atoms with Gasteiger partial charge in [-0.2, -0.15) is 0 Å². The van der Waals surface area contributed by atoms with Crippen LogP contribution in [0, 0.1) is 0 Å². The van der Waals surface area contributed by atoms with Crippen LogP contribution < -0.4 is 5.32 Å². The minimum atomic E-state index is -0.361. The standard InChI is InChI=1S/C16H14ClN3O2S/c1-9(13-7-10-5-3-4-6-12(10)22-13)19-15(21)14-11(17)8-18-16(20-14)23-2/h3-9H,1-2H3,(H,19,21). The zero-order valence-electron chi connectivity index (χ0n) is 12.5. The summed E-state index contributed by atoms with van der Waals surface area (Å²) in [5.41, 5.74) is 0.947. The lowest BCUT2D eigenvalue weighted by atomic mass is 10.2. The molecule has 5 nitrogen and oxygen atoms in total. The van der Waals surface area contributed by atoms with Crippen LogP contribution in [-0.4, -0.2) is 22.1 Å². The molecule has 0 aliphatic carbocycles. The molecule has 2 aromatic heterocycles. The Morgan fingerprint density at radius 3 is 2.91 bits per heavy atom. The molecule has 1 amide bonds. The predicted octanol–water partition coefficient (Wildman–Crippen LogP) is 4.09. The molecule has 1 N–H and O–H groups in total. The SMILES string of the molecule is CSc1ncc(Cl)c(C(=O)NC(C)c2cc3ccccc3o2)n1. The summed E-state index contributed by atoms with van der Waals surface area (Å²) in [4.78, 5) is 20.6. The van der Waals surface area contributed by atoms with Crippen molar-refractivity contribution in [3.63, 3.8) is 0 Å². The summed E-state index contributed by atoms with van der Waals surface area (Å²) in [7, 11) is 0. The van der Waals surface area contributed by atoms with Gasteiger partial charge in [-0.15, -0.1) is 0 Å². The van der Waals surface area contributed by atoms with Gasteiger partial charge in [0.25, 0.3) is 5.91 Å². The van der Waals surface area contributed by atoms with Gasteiger partial charge in [-0.3, -0.25) is 4.79 Å². The second-order valence-electron chi connectivity index (χ2n) is 4.93. The van der Waals surface area contributed by atoms with Crippen LogP contribution in [0.4, 0.5) is 0 Å². The molecule has 2 heterocycles. The van der Waals surface area contributed by atoms with Gasteiger partial charge in [0, 0.05) is 5.39 Å². The Morgan fingerprint density at radius 1 is 1.39 bits per heavy atom. The Bertz CT molecular complexity index is 832. The van der Waals surface area contributed by atoms with Crippen LogP contribution in [0.2, 0.25) is 5.02 Å². The molecule has 0 aliphatic heterocycles. The molecule has 1 atom stereocenters. The van der Waals surface area contributed by atoms with Gasteiger partial charge in [0.05, 0.1) is 17.3 Å². The molecule has 0 aliphatic rings. The van der Waals surface area contributed by atoms with E-state index >= 15 is 0 Å². The highest BCUT2D eigenvalue weighted by molar-refractivity contribution is 7.98. The molecule has 0 saturated carbocycles. The monoisotopic (exact) mass is 347 g/mol. The lowest BCUT2D eigenvalue weighted by Crippen LogP contribution is -2.27. The van der Waals surface area contributed by atoms with E-state index < -0.39 is 0 Å². The average molecular weight is 348 g/mol. The predicted molar refractivity (Wildman–Crippen MR) is 90.9 cm³/mol. The lowest BCUT2D eigenvalue weighted by Gasteiger charge is -2.11. The minimum absolute atomic E-state index is 0.161. The number of nitrogens with zero attached hydrogens (tertiary/aromatic N) is 2. The Hall–Kier alpha value is -2.05. The first-order valence-electron chi connectivity index (χ1n) is 6.94. The number of benzene rings is 1. The van der Waals surface area contributed by atoms with Crippen LogP contribution in [0.1, 0.15) is 29.2 Å². The number of furan rings is 1. The van der Waals surface area contributed by atoms with Crippen molar-refractivity contribution in [3.05, 3.63) is 53.0 Å². The van der Waals surface area contributed by atoms with E-state index in [0.717, 1.165) is 11.0 Å². The fourth-order valence-corrected chi connectivity index (χ4v) is 2.68. The molecule has 3 aromatic rings. The average Bonchev–Trinajstić information content (AvgIpc) is 2.99. The highest BCUT2D eigenvalue weighted by atomic mass is 35.5. The summed E-state index contributed by atoms with van der Waals surface area (Å²) in [5, 5.41) is 4.56. The molecule has 0 bridgehead atoms. The van der Waals surface area contributed by atoms with Gasteiger partial charge < -0.3 is 9.73 Å². The van der Waals surface area contributed by atoms with Crippen molar-refractivity contribution in [2.45, 2.75) is 18.1 Å². The van der Waals surface area contributed by atoms with Crippen molar-refractivity contribution < 1.29 is 9.21 Å². The minimum Gasteiger partial charge on any atom is -0.459 e. The number of amides is 1. The number of hydrogen-bond donors (Lipinski definition) is 1. The zero-order chi connectivity index (χ0) is 16.4. The van der Waals surface area contributed by atoms with E-state index in [9.17, 15) is 4.79 Å². The summed E-state index contributed by atoms with van der Waals surface area (Å²) < 4.78 is 5.76. The number of halogens is 1. The van der Waals surface area contributed by atoms with Crippen molar-refractivity contribution in [2.75, 3.05) is 6.26 Å². The Balaban J connectivity index is 1.81. The third kappa shape index (κ3) is 3.33. The first-order valence-corrected chi connectivity index (χ1v) is 8.54. The number of nitrogens with one attached hydrogen (secondary N) is 1. The maximum absolute atomic E-state index is 12.4. The Morgan fingerprint density at radius 2 is 2.17 bits per heavy atom. The smallest absolute Gasteiger partial charge is 0.272 e. The van der Waals surface area contributed by atoms with Crippen LogP contribution in [0.3, 0.4) is 0 Å². The zero-order valence-corrected chi connectivity index (χ0v) is 14.1. The Kier molecular flexibility index (Phi) is 4.54. The second kappa shape index (κ2) is 6.60. The summed E-state index contributed by atoms with van der Waals surface area (Å²) in [6.45, 7) is 1.85. The largest absolute Gasteiger partial charge is 0.459 e. The molecule has 118 valence electrons. The summed E-state index contributed by atoms with van der Waals surface area (Å²) in [6, 6.07) is 9.30. The molecule has 1 unspecified atom stereocenters. The highest BCUT2D eigenvalue weighted by Gasteiger charge is 2.19. The van der Waals surface area contributed by atoms with E-state index in [1.54, 1.807) is 0 Å². The van der Waals surface area contributed by atoms with Crippen LogP contribution in [0.25, 0.3) is 11.0 Å². The van der Waals surface area contributed by atoms with Crippen LogP contribution in [0.15, 0.2) is 46.1 Å². The third-order valence-corrected chi connectivity index (χ3v) is 4.18. The topological polar surface area (TPSA) is 68.0 Å². The molecule has 1 aromatic carbocycles. The maximum Gasteiger partial charge on any atom is 0.272 e. The van der Waals surface area contributed by atoms with Gasteiger partial charge in [0.15, 0.2) is 10.9 Å². The third-order valence-electron chi connectivity index (χ3n) is 3.34. The van der Waals surface area contributed by atoms with Crippen LogP contribution in [0.5, 0.6) is 0 Å². The number of fused-ring (bicyclic) bond motifs is 1. The number of aromatic nitrogens is 2. The summed E-state index contributed by atoms with van der Waals surface area (Å²) in [6.07, 6.45) is 3.27. The lowest BCUT2D eigenvalue weighted by molar-refractivity contribution is 0.0930. The van der Waals surface area contributed by atoms with Crippen molar-refractivity contribution in [2.24, 2.45) is 0 Å². The molecule has 7 heteroatoms. The second-order valence-corrected chi connectivity index (χ2v) is 6.12. The van der Waals surface area contributed by atoms with E-state index in [1.165, 1.54) is 18.0 Å². The van der Waals surface area contributed by atoms with Crippen molar-refractivity contribution in [3.8, 4) is 0 Å². The normalized spacial score (nSPS) is 12.3. The quantitative estimate of drug-likeness (QED) is 0.568. The fraction of sp³-hybridized carbons (Fsp3) is 0.188. The van der Waals surface area contributed by atoms with Crippen molar-refractivity contribution in [1.82, 2.24) is 15.3 Å². The molecule has 23 heavy (non-hydrogen) atoms. The number of para-hydroxylation sites is 1. The summed E-state index contributed by atoms with van der Waals surface area (Å²) >= 11 is 7.37. The van der Waals surface area contributed by atoms with E-state index in [1.807, 2.05) is 43.5 Å². The van der Waals surface area contributed by atoms with Gasteiger partial charge >= 0.3 is 0 Å². The molecular weight excluding hydrogens is 334 g/mol. The van der Waals surface area contributed by atoms with E-state index in [0.29, 0.717) is 10.9 Å². The van der Waals surface area contributed by atoms with Crippen molar-refractivity contribution in [1.29, 1.82) is 0 Å². The van der Waals surface area contributed by atoms with Gasteiger partial charge in [0.2, 0.25) is 0 Å². The highest BCUT2D eigenvalue weighted by Crippen LogP contribution is 2.24. The van der Waals surface area contributed by atoms with E-state index in [4.69, 9.17) is 16.0 Å². The molecule has 0 radical (unpaired) electrons. The van der Waals surface area contributed by atoms with Crippen molar-refractivity contribution >= 4 is 40.2 Å². The molecule has 0 fully saturated rings. The molecule has 0 spiro atoms. The Labute approximate surface area is 142 Å². The maximum atomic E-state index is 12.4. The van der Waals surface area contributed by atoms with Gasteiger partial charge in [-0.25, -0.2) is 9.97 Å². The van der Waals surface area contributed by atoms with Crippen LogP contribution in [-0.2, 0) is 0 Å². The number of rotatable bonds is 4. The first kappa shape index (κ1) is 15.8. The van der Waals surface area contributed by atoms with Crippen LogP contribution >= 0.6 is 23.4 Å².